The number of aryl methyl sites for hydroxylation is 2. The number of aromatic nitrogens is 4. The lowest BCUT2D eigenvalue weighted by molar-refractivity contribution is 0.00959. The average molecular weight is 351 g/mol. The van der Waals surface area contributed by atoms with E-state index in [9.17, 15) is 4.79 Å². The highest BCUT2D eigenvalue weighted by atomic mass is 16.5. The van der Waals surface area contributed by atoms with E-state index in [1.165, 1.54) is 11.1 Å². The molecule has 0 saturated heterocycles. The minimum absolute atomic E-state index is 0.0296. The molecule has 7 nitrogen and oxygen atoms in total. The Labute approximate surface area is 151 Å². The zero-order chi connectivity index (χ0) is 18.3. The van der Waals surface area contributed by atoms with Crippen LogP contribution in [0.2, 0.25) is 0 Å². The third-order valence-corrected chi connectivity index (χ3v) is 4.67. The molecule has 26 heavy (non-hydrogen) atoms. The van der Waals surface area contributed by atoms with Crippen molar-refractivity contribution in [1.82, 2.24) is 24.5 Å². The normalized spacial score (nSPS) is 16.5. The maximum atomic E-state index is 12.7. The second-order valence-electron chi connectivity index (χ2n) is 6.78. The Hall–Kier alpha value is -2.80. The van der Waals surface area contributed by atoms with Crippen LogP contribution in [0.25, 0.3) is 5.78 Å². The van der Waals surface area contributed by atoms with E-state index in [4.69, 9.17) is 4.74 Å². The summed E-state index contributed by atoms with van der Waals surface area (Å²) in [4.78, 5) is 23.0. The minimum Gasteiger partial charge on any atom is -0.371 e. The van der Waals surface area contributed by atoms with Gasteiger partial charge in [0.15, 0.2) is 0 Å². The molecular weight excluding hydrogens is 330 g/mol. The number of amides is 1. The highest BCUT2D eigenvalue weighted by Crippen LogP contribution is 2.21. The largest absolute Gasteiger partial charge is 0.371 e. The fourth-order valence-electron chi connectivity index (χ4n) is 3.34. The summed E-state index contributed by atoms with van der Waals surface area (Å²) < 4.78 is 7.50. The van der Waals surface area contributed by atoms with E-state index in [1.807, 2.05) is 32.0 Å². The Balaban J connectivity index is 1.49. The van der Waals surface area contributed by atoms with Gasteiger partial charge in [0, 0.05) is 31.4 Å². The number of benzene rings is 1. The fourth-order valence-corrected chi connectivity index (χ4v) is 3.34. The zero-order valence-corrected chi connectivity index (χ0v) is 15.1. The lowest BCUT2D eigenvalue weighted by Crippen LogP contribution is -2.38. The maximum Gasteiger partial charge on any atom is 0.293 e. The van der Waals surface area contributed by atoms with Gasteiger partial charge in [0.1, 0.15) is 0 Å². The van der Waals surface area contributed by atoms with Crippen molar-refractivity contribution in [3.05, 3.63) is 58.7 Å². The molecule has 2 aromatic heterocycles. The van der Waals surface area contributed by atoms with Crippen LogP contribution in [-0.2, 0) is 17.8 Å². The highest BCUT2D eigenvalue weighted by molar-refractivity contribution is 5.90. The van der Waals surface area contributed by atoms with E-state index in [2.05, 4.69) is 27.2 Å². The molecule has 0 spiro atoms. The minimum atomic E-state index is -0.227. The van der Waals surface area contributed by atoms with E-state index >= 15 is 0 Å². The van der Waals surface area contributed by atoms with Gasteiger partial charge < -0.3 is 9.64 Å². The summed E-state index contributed by atoms with van der Waals surface area (Å²) in [5.74, 6) is 0.377. The number of ether oxygens (including phenoxy) is 1. The van der Waals surface area contributed by atoms with Crippen LogP contribution in [0.1, 0.15) is 33.1 Å². The molecule has 0 radical (unpaired) electrons. The van der Waals surface area contributed by atoms with Gasteiger partial charge in [0.2, 0.25) is 5.82 Å². The van der Waals surface area contributed by atoms with E-state index in [0.29, 0.717) is 18.9 Å². The van der Waals surface area contributed by atoms with E-state index < -0.39 is 0 Å². The molecule has 7 heteroatoms. The van der Waals surface area contributed by atoms with Crippen LogP contribution in [-0.4, -0.2) is 50.1 Å². The van der Waals surface area contributed by atoms with Gasteiger partial charge >= 0.3 is 0 Å². The highest BCUT2D eigenvalue weighted by Gasteiger charge is 2.25. The van der Waals surface area contributed by atoms with Gasteiger partial charge in [-0.2, -0.15) is 4.98 Å². The molecule has 134 valence electrons. The Morgan fingerprint density at radius 2 is 2.04 bits per heavy atom. The second kappa shape index (κ2) is 6.49. The maximum absolute atomic E-state index is 12.7. The van der Waals surface area contributed by atoms with Crippen LogP contribution >= 0.6 is 0 Å². The van der Waals surface area contributed by atoms with Crippen LogP contribution in [0.5, 0.6) is 0 Å². The smallest absolute Gasteiger partial charge is 0.293 e. The number of likely N-dealkylation sites (N-methyl/N-ethyl adjacent to an activating group) is 1. The third-order valence-electron chi connectivity index (χ3n) is 4.67. The monoisotopic (exact) mass is 351 g/mol. The van der Waals surface area contributed by atoms with Crippen LogP contribution in [0.4, 0.5) is 0 Å². The SMILES string of the molecule is Cc1cc(C)n2nc(C(=O)N(C)CC3Cc4ccccc4CO3)nc2n1. The summed E-state index contributed by atoms with van der Waals surface area (Å²) in [5.41, 5.74) is 4.25. The number of fused-ring (bicyclic) bond motifs is 2. The average Bonchev–Trinajstić information content (AvgIpc) is 3.05. The van der Waals surface area contributed by atoms with Crippen molar-refractivity contribution in [2.24, 2.45) is 0 Å². The Kier molecular flexibility index (Phi) is 4.16. The number of nitrogens with zero attached hydrogens (tertiary/aromatic N) is 5. The quantitative estimate of drug-likeness (QED) is 0.721. The van der Waals surface area contributed by atoms with E-state index in [0.717, 1.165) is 17.8 Å². The lowest BCUT2D eigenvalue weighted by Gasteiger charge is -2.28. The predicted octanol–water partition coefficient (Wildman–Crippen LogP) is 1.95. The molecule has 0 bridgehead atoms. The molecule has 0 N–H and O–H groups in total. The van der Waals surface area contributed by atoms with Crippen molar-refractivity contribution in [2.45, 2.75) is 33.0 Å². The molecule has 3 aromatic rings. The summed E-state index contributed by atoms with van der Waals surface area (Å²) in [6.45, 7) is 4.89. The topological polar surface area (TPSA) is 72.6 Å². The Morgan fingerprint density at radius 1 is 1.27 bits per heavy atom. The molecule has 1 aliphatic heterocycles. The molecule has 1 amide bonds. The first-order valence-electron chi connectivity index (χ1n) is 8.66. The Morgan fingerprint density at radius 3 is 2.85 bits per heavy atom. The summed E-state index contributed by atoms with van der Waals surface area (Å²) in [7, 11) is 1.75. The van der Waals surface area contributed by atoms with Crippen molar-refractivity contribution in [2.75, 3.05) is 13.6 Å². The number of carbonyl (C=O) groups is 1. The Bertz CT molecular complexity index is 981. The fraction of sp³-hybridized carbons (Fsp3) is 0.368. The summed E-state index contributed by atoms with van der Waals surface area (Å²) in [6, 6.07) is 10.2. The summed E-state index contributed by atoms with van der Waals surface area (Å²) in [6.07, 6.45) is 0.768. The molecule has 1 atom stereocenters. The van der Waals surface area contributed by atoms with Crippen molar-refractivity contribution >= 4 is 11.7 Å². The molecular formula is C19H21N5O2. The zero-order valence-electron chi connectivity index (χ0n) is 15.1. The standard InChI is InChI=1S/C19H21N5O2/c1-12-8-13(2)24-19(20-12)21-17(22-24)18(25)23(3)10-16-9-14-6-4-5-7-15(14)11-26-16/h4-8,16H,9-11H2,1-3H3. The van der Waals surface area contributed by atoms with Crippen LogP contribution < -0.4 is 0 Å². The van der Waals surface area contributed by atoms with E-state index in [1.54, 1.807) is 16.5 Å². The first-order valence-corrected chi connectivity index (χ1v) is 8.66. The first-order chi connectivity index (χ1) is 12.5. The van der Waals surface area contributed by atoms with Gasteiger partial charge in [-0.25, -0.2) is 9.50 Å². The molecule has 0 saturated carbocycles. The molecule has 1 aliphatic rings. The third kappa shape index (κ3) is 3.06. The second-order valence-corrected chi connectivity index (χ2v) is 6.78. The molecule has 4 rings (SSSR count). The van der Waals surface area contributed by atoms with Crippen molar-refractivity contribution in [1.29, 1.82) is 0 Å². The first kappa shape index (κ1) is 16.7. The summed E-state index contributed by atoms with van der Waals surface area (Å²) >= 11 is 0. The van der Waals surface area contributed by atoms with Crippen LogP contribution in [0.15, 0.2) is 30.3 Å². The van der Waals surface area contributed by atoms with Gasteiger partial charge in [-0.15, -0.1) is 5.10 Å². The molecule has 1 unspecified atom stereocenters. The van der Waals surface area contributed by atoms with E-state index in [-0.39, 0.29) is 17.8 Å². The summed E-state index contributed by atoms with van der Waals surface area (Å²) in [5, 5.41) is 4.31. The van der Waals surface area contributed by atoms with Gasteiger partial charge in [-0.3, -0.25) is 4.79 Å². The number of hydrogen-bond acceptors (Lipinski definition) is 5. The predicted molar refractivity (Wildman–Crippen MR) is 95.9 cm³/mol. The van der Waals surface area contributed by atoms with Crippen molar-refractivity contribution in [3.8, 4) is 0 Å². The number of rotatable bonds is 3. The molecule has 1 aromatic carbocycles. The molecule has 0 fully saturated rings. The van der Waals surface area contributed by atoms with Crippen molar-refractivity contribution in [3.63, 3.8) is 0 Å². The molecule has 0 aliphatic carbocycles. The van der Waals surface area contributed by atoms with Gasteiger partial charge in [0.25, 0.3) is 11.7 Å². The van der Waals surface area contributed by atoms with Crippen molar-refractivity contribution < 1.29 is 9.53 Å². The lowest BCUT2D eigenvalue weighted by atomic mass is 9.99. The van der Waals surface area contributed by atoms with Gasteiger partial charge in [-0.05, 0) is 31.0 Å². The van der Waals surface area contributed by atoms with Gasteiger partial charge in [0.05, 0.1) is 12.7 Å². The van der Waals surface area contributed by atoms with Gasteiger partial charge in [-0.1, -0.05) is 24.3 Å². The molecule has 3 heterocycles. The van der Waals surface area contributed by atoms with Crippen LogP contribution in [0, 0.1) is 13.8 Å². The van der Waals surface area contributed by atoms with Crippen LogP contribution in [0.3, 0.4) is 0 Å². The number of carbonyl (C=O) groups excluding carboxylic acids is 1. The number of hydrogen-bond donors (Lipinski definition) is 0.